The van der Waals surface area contributed by atoms with Gasteiger partial charge in [0.25, 0.3) is 0 Å². The van der Waals surface area contributed by atoms with Crippen LogP contribution in [0.5, 0.6) is 0 Å². The molecule has 138 valence electrons. The Hall–Kier alpha value is -0.740. The number of Topliss-reactive ketones (excluding diaryl/α,β-unsaturated/α-hetero) is 2. The molecule has 5 fully saturated rings. The second kappa shape index (κ2) is 5.16. The van der Waals surface area contributed by atoms with Gasteiger partial charge in [0, 0.05) is 37.0 Å². The maximum atomic E-state index is 13.3. The Labute approximate surface area is 150 Å². The normalized spacial score (nSPS) is 51.3. The van der Waals surface area contributed by atoms with Crippen LogP contribution in [-0.4, -0.2) is 30.6 Å². The molecule has 6 atom stereocenters. The van der Waals surface area contributed by atoms with E-state index in [0.29, 0.717) is 55.4 Å². The zero-order valence-electron chi connectivity index (χ0n) is 15.5. The van der Waals surface area contributed by atoms with Crippen molar-refractivity contribution < 1.29 is 19.1 Å². The van der Waals surface area contributed by atoms with Gasteiger partial charge in [0.1, 0.15) is 11.6 Å². The van der Waals surface area contributed by atoms with Gasteiger partial charge in [0.05, 0.1) is 13.2 Å². The molecule has 1 saturated heterocycles. The summed E-state index contributed by atoms with van der Waals surface area (Å²) in [5, 5.41) is 0. The fourth-order valence-corrected chi connectivity index (χ4v) is 7.55. The van der Waals surface area contributed by atoms with Crippen LogP contribution in [0.15, 0.2) is 0 Å². The van der Waals surface area contributed by atoms with Crippen molar-refractivity contribution in [2.75, 3.05) is 13.2 Å². The first-order valence-electron chi connectivity index (χ1n) is 10.2. The molecule has 1 heterocycles. The van der Waals surface area contributed by atoms with Crippen LogP contribution in [0.4, 0.5) is 0 Å². The molecule has 4 saturated carbocycles. The summed E-state index contributed by atoms with van der Waals surface area (Å²) in [6, 6.07) is 0. The predicted octanol–water partition coefficient (Wildman–Crippen LogP) is 3.52. The summed E-state index contributed by atoms with van der Waals surface area (Å²) in [5.41, 5.74) is -0.303. The third-order valence-corrected chi connectivity index (χ3v) is 8.88. The van der Waals surface area contributed by atoms with E-state index in [1.54, 1.807) is 0 Å². The van der Waals surface area contributed by atoms with Crippen LogP contribution >= 0.6 is 0 Å². The molecule has 0 bridgehead atoms. The molecule has 6 unspecified atom stereocenters. The van der Waals surface area contributed by atoms with E-state index >= 15 is 0 Å². The zero-order valence-corrected chi connectivity index (χ0v) is 15.5. The molecule has 1 spiro atoms. The Morgan fingerprint density at radius 3 is 2.52 bits per heavy atom. The lowest BCUT2D eigenvalue weighted by molar-refractivity contribution is -0.226. The first-order chi connectivity index (χ1) is 11.9. The number of hydrogen-bond acceptors (Lipinski definition) is 4. The van der Waals surface area contributed by atoms with Crippen LogP contribution in [0, 0.1) is 34.5 Å². The average Bonchev–Trinajstić information content (AvgIpc) is 3.13. The lowest BCUT2D eigenvalue weighted by Crippen LogP contribution is -2.59. The highest BCUT2D eigenvalue weighted by atomic mass is 16.7. The van der Waals surface area contributed by atoms with Crippen molar-refractivity contribution in [1.29, 1.82) is 0 Å². The van der Waals surface area contributed by atoms with Gasteiger partial charge in [-0.05, 0) is 48.9 Å². The van der Waals surface area contributed by atoms with Gasteiger partial charge in [-0.2, -0.15) is 0 Å². The molecule has 5 aliphatic rings. The number of fused-ring (bicyclic) bond motifs is 5. The average molecular weight is 346 g/mol. The van der Waals surface area contributed by atoms with Crippen molar-refractivity contribution in [2.24, 2.45) is 34.5 Å². The molecule has 25 heavy (non-hydrogen) atoms. The van der Waals surface area contributed by atoms with Gasteiger partial charge in [0.2, 0.25) is 0 Å². The van der Waals surface area contributed by atoms with Crippen LogP contribution in [0.1, 0.15) is 65.2 Å². The number of carbonyl (C=O) groups is 2. The molecule has 0 aromatic rings. The van der Waals surface area contributed by atoms with Crippen molar-refractivity contribution in [3.63, 3.8) is 0 Å². The van der Waals surface area contributed by atoms with Gasteiger partial charge in [-0.25, -0.2) is 0 Å². The highest BCUT2D eigenvalue weighted by molar-refractivity contribution is 5.95. The molecule has 4 heteroatoms. The van der Waals surface area contributed by atoms with Crippen LogP contribution in [0.25, 0.3) is 0 Å². The number of hydrogen-bond donors (Lipinski definition) is 0. The minimum absolute atomic E-state index is 0.0630. The van der Waals surface area contributed by atoms with Crippen molar-refractivity contribution in [3.8, 4) is 0 Å². The highest BCUT2D eigenvalue weighted by Gasteiger charge is 2.64. The molecule has 0 aromatic carbocycles. The lowest BCUT2D eigenvalue weighted by Gasteiger charge is -2.60. The first-order valence-corrected chi connectivity index (χ1v) is 10.2. The molecule has 0 aromatic heterocycles. The summed E-state index contributed by atoms with van der Waals surface area (Å²) in [6.07, 6.45) is 7.29. The van der Waals surface area contributed by atoms with Crippen LogP contribution < -0.4 is 0 Å². The fourth-order valence-electron chi connectivity index (χ4n) is 7.55. The maximum absolute atomic E-state index is 13.3. The molecule has 0 radical (unpaired) electrons. The van der Waals surface area contributed by atoms with E-state index in [2.05, 4.69) is 13.8 Å². The quantitative estimate of drug-likeness (QED) is 0.673. The van der Waals surface area contributed by atoms with Gasteiger partial charge >= 0.3 is 0 Å². The summed E-state index contributed by atoms with van der Waals surface area (Å²) < 4.78 is 12.0. The summed E-state index contributed by atoms with van der Waals surface area (Å²) in [6.45, 7) is 5.84. The second-order valence-corrected chi connectivity index (χ2v) is 9.86. The predicted molar refractivity (Wildman–Crippen MR) is 91.8 cm³/mol. The molecule has 1 aliphatic heterocycles. The van der Waals surface area contributed by atoms with Gasteiger partial charge < -0.3 is 9.47 Å². The SMILES string of the molecule is CC12CC(=O)C3C(CCC4CC5(CCC43C)OCCO5)C1CCC2=O. The van der Waals surface area contributed by atoms with Gasteiger partial charge in [-0.3, -0.25) is 9.59 Å². The Morgan fingerprint density at radius 2 is 1.76 bits per heavy atom. The van der Waals surface area contributed by atoms with Crippen molar-refractivity contribution in [1.82, 2.24) is 0 Å². The Balaban J connectivity index is 1.47. The third-order valence-electron chi connectivity index (χ3n) is 8.88. The summed E-state index contributed by atoms with van der Waals surface area (Å²) in [7, 11) is 0. The summed E-state index contributed by atoms with van der Waals surface area (Å²) in [4.78, 5) is 25.8. The van der Waals surface area contributed by atoms with Gasteiger partial charge in [-0.1, -0.05) is 13.8 Å². The molecule has 0 N–H and O–H groups in total. The minimum atomic E-state index is -0.368. The van der Waals surface area contributed by atoms with Crippen molar-refractivity contribution in [3.05, 3.63) is 0 Å². The Bertz CT molecular complexity index is 621. The van der Waals surface area contributed by atoms with E-state index in [1.807, 2.05) is 0 Å². The molecule has 4 nitrogen and oxygen atoms in total. The Morgan fingerprint density at radius 1 is 1.00 bits per heavy atom. The largest absolute Gasteiger partial charge is 0.348 e. The molecule has 0 amide bonds. The topological polar surface area (TPSA) is 52.6 Å². The van der Waals surface area contributed by atoms with Gasteiger partial charge in [-0.15, -0.1) is 0 Å². The van der Waals surface area contributed by atoms with E-state index in [1.165, 1.54) is 0 Å². The van der Waals surface area contributed by atoms with E-state index in [-0.39, 0.29) is 22.5 Å². The smallest absolute Gasteiger partial charge is 0.168 e. The van der Waals surface area contributed by atoms with Crippen LogP contribution in [-0.2, 0) is 19.1 Å². The monoisotopic (exact) mass is 346 g/mol. The lowest BCUT2D eigenvalue weighted by atomic mass is 9.44. The standard InChI is InChI=1S/C21H30O4/c1-19-7-8-21(24-9-10-25-21)11-13(19)3-4-14-15-5-6-17(23)20(15,2)12-16(22)18(14)19/h13-15,18H,3-12H2,1-2H3. The number of ketones is 2. The highest BCUT2D eigenvalue weighted by Crippen LogP contribution is 2.65. The molecule has 4 aliphatic carbocycles. The molecular weight excluding hydrogens is 316 g/mol. The van der Waals surface area contributed by atoms with Crippen LogP contribution in [0.2, 0.25) is 0 Å². The fraction of sp³-hybridized carbons (Fsp3) is 0.905. The molecular formula is C21H30O4. The summed E-state index contributed by atoms with van der Waals surface area (Å²) in [5.74, 6) is 1.84. The van der Waals surface area contributed by atoms with Crippen molar-refractivity contribution in [2.45, 2.75) is 71.0 Å². The van der Waals surface area contributed by atoms with E-state index < -0.39 is 0 Å². The number of carbonyl (C=O) groups excluding carboxylic acids is 2. The first kappa shape index (κ1) is 16.4. The number of rotatable bonds is 0. The Kier molecular flexibility index (Phi) is 3.39. The van der Waals surface area contributed by atoms with E-state index in [0.717, 1.165) is 38.5 Å². The summed E-state index contributed by atoms with van der Waals surface area (Å²) >= 11 is 0. The van der Waals surface area contributed by atoms with E-state index in [9.17, 15) is 9.59 Å². The zero-order chi connectivity index (χ0) is 17.4. The van der Waals surface area contributed by atoms with Gasteiger partial charge in [0.15, 0.2) is 5.79 Å². The van der Waals surface area contributed by atoms with E-state index in [4.69, 9.17) is 9.47 Å². The van der Waals surface area contributed by atoms with Crippen molar-refractivity contribution >= 4 is 11.6 Å². The molecule has 5 rings (SSSR count). The number of ether oxygens (including phenoxy) is 2. The third kappa shape index (κ3) is 2.07. The maximum Gasteiger partial charge on any atom is 0.168 e. The van der Waals surface area contributed by atoms with Crippen LogP contribution in [0.3, 0.4) is 0 Å². The minimum Gasteiger partial charge on any atom is -0.348 e. The second-order valence-electron chi connectivity index (χ2n) is 9.86.